The molecule has 9 nitrogen and oxygen atoms in total. The summed E-state index contributed by atoms with van der Waals surface area (Å²) in [7, 11) is 4.00. The Morgan fingerprint density at radius 3 is 2.38 bits per heavy atom. The summed E-state index contributed by atoms with van der Waals surface area (Å²) in [4.78, 5) is 38.0. The maximum absolute atomic E-state index is 13.6. The summed E-state index contributed by atoms with van der Waals surface area (Å²) in [5, 5.41) is 9.91. The average Bonchev–Trinajstić information content (AvgIpc) is 3.39. The molecule has 39 heavy (non-hydrogen) atoms. The molecule has 2 heterocycles. The van der Waals surface area contributed by atoms with Crippen molar-refractivity contribution in [1.29, 1.82) is 0 Å². The molecule has 0 atom stereocenters. The Morgan fingerprint density at radius 2 is 1.77 bits per heavy atom. The minimum atomic E-state index is -0.487. The first-order valence-electron chi connectivity index (χ1n) is 13.3. The van der Waals surface area contributed by atoms with Crippen LogP contribution < -0.4 is 9.80 Å². The second-order valence-corrected chi connectivity index (χ2v) is 10.3. The van der Waals surface area contributed by atoms with Crippen LogP contribution in [-0.2, 0) is 20.9 Å². The molecule has 206 valence electrons. The van der Waals surface area contributed by atoms with Crippen molar-refractivity contribution in [2.45, 2.75) is 58.3 Å². The first-order chi connectivity index (χ1) is 18.7. The fourth-order valence-corrected chi connectivity index (χ4v) is 4.49. The van der Waals surface area contributed by atoms with E-state index in [9.17, 15) is 14.7 Å². The standard InChI is InChI=1S/C30H36N4O5/c1-20(2)38-28(36)16-14-26-18-32-30(39-26)34(29(37)23-8-12-25(35)13-9-23)19-21-5-15-27(31-17-21)22-6-10-24(11-7-22)33(3)4/h5-7,10-11,14-18,20,23,25,35H,8-9,12-13,19H2,1-4H3/b16-14+. The Balaban J connectivity index is 1.53. The van der Waals surface area contributed by atoms with Crippen LogP contribution in [0.3, 0.4) is 0 Å². The van der Waals surface area contributed by atoms with Gasteiger partial charge in [-0.25, -0.2) is 9.78 Å². The van der Waals surface area contributed by atoms with E-state index in [-0.39, 0.29) is 36.6 Å². The smallest absolute Gasteiger partial charge is 0.331 e. The van der Waals surface area contributed by atoms with E-state index < -0.39 is 5.97 Å². The summed E-state index contributed by atoms with van der Waals surface area (Å²) in [6.07, 6.45) is 7.75. The van der Waals surface area contributed by atoms with E-state index >= 15 is 0 Å². The number of nitrogens with zero attached hydrogens (tertiary/aromatic N) is 4. The topological polar surface area (TPSA) is 109 Å². The Kier molecular flexibility index (Phi) is 9.14. The maximum Gasteiger partial charge on any atom is 0.331 e. The van der Waals surface area contributed by atoms with Crippen LogP contribution in [0.5, 0.6) is 0 Å². The average molecular weight is 533 g/mol. The molecule has 2 aromatic heterocycles. The summed E-state index contributed by atoms with van der Waals surface area (Å²) in [6.45, 7) is 3.77. The number of esters is 1. The van der Waals surface area contributed by atoms with E-state index in [1.54, 1.807) is 20.0 Å². The van der Waals surface area contributed by atoms with Crippen LogP contribution in [0.25, 0.3) is 17.3 Å². The largest absolute Gasteiger partial charge is 0.460 e. The molecule has 0 unspecified atom stereocenters. The van der Waals surface area contributed by atoms with E-state index in [0.717, 1.165) is 22.5 Å². The van der Waals surface area contributed by atoms with Gasteiger partial charge in [-0.3, -0.25) is 14.7 Å². The molecule has 0 aliphatic heterocycles. The van der Waals surface area contributed by atoms with Crippen molar-refractivity contribution in [3.63, 3.8) is 0 Å². The summed E-state index contributed by atoms with van der Waals surface area (Å²) >= 11 is 0. The number of aliphatic hydroxyl groups excluding tert-OH is 1. The molecule has 1 aliphatic rings. The molecule has 1 N–H and O–H groups in total. The van der Waals surface area contributed by atoms with Gasteiger partial charge < -0.3 is 19.2 Å². The first-order valence-corrected chi connectivity index (χ1v) is 13.3. The number of ether oxygens (including phenoxy) is 1. The van der Waals surface area contributed by atoms with Crippen LogP contribution >= 0.6 is 0 Å². The molecule has 0 saturated heterocycles. The molecular formula is C30H36N4O5. The number of carbonyl (C=O) groups is 2. The molecule has 0 radical (unpaired) electrons. The van der Waals surface area contributed by atoms with Gasteiger partial charge >= 0.3 is 12.0 Å². The van der Waals surface area contributed by atoms with Crippen LogP contribution in [0.2, 0.25) is 0 Å². The van der Waals surface area contributed by atoms with Crippen LogP contribution in [-0.4, -0.2) is 53.3 Å². The van der Waals surface area contributed by atoms with Crippen LogP contribution in [0.4, 0.5) is 11.7 Å². The molecule has 1 aliphatic carbocycles. The predicted molar refractivity (Wildman–Crippen MR) is 150 cm³/mol. The number of amides is 1. The molecular weight excluding hydrogens is 496 g/mol. The molecule has 1 saturated carbocycles. The van der Waals surface area contributed by atoms with Gasteiger partial charge in [0, 0.05) is 43.5 Å². The van der Waals surface area contributed by atoms with Gasteiger partial charge in [0.05, 0.1) is 30.6 Å². The van der Waals surface area contributed by atoms with E-state index in [1.807, 2.05) is 55.4 Å². The first kappa shape index (κ1) is 28.0. The summed E-state index contributed by atoms with van der Waals surface area (Å²) in [6, 6.07) is 12.2. The van der Waals surface area contributed by atoms with Gasteiger partial charge in [-0.1, -0.05) is 18.2 Å². The van der Waals surface area contributed by atoms with Crippen LogP contribution in [0.15, 0.2) is 59.3 Å². The summed E-state index contributed by atoms with van der Waals surface area (Å²) in [5.41, 5.74) is 3.77. The third kappa shape index (κ3) is 7.54. The third-order valence-corrected chi connectivity index (χ3v) is 6.63. The van der Waals surface area contributed by atoms with Gasteiger partial charge in [0.15, 0.2) is 0 Å². The Labute approximate surface area is 229 Å². The second-order valence-electron chi connectivity index (χ2n) is 10.3. The zero-order valence-electron chi connectivity index (χ0n) is 22.9. The highest BCUT2D eigenvalue weighted by atomic mass is 16.5. The maximum atomic E-state index is 13.6. The predicted octanol–water partition coefficient (Wildman–Crippen LogP) is 4.85. The summed E-state index contributed by atoms with van der Waals surface area (Å²) in [5.74, 6) is -0.499. The van der Waals surface area contributed by atoms with Crippen molar-refractivity contribution in [2.24, 2.45) is 5.92 Å². The molecule has 3 aromatic rings. The van der Waals surface area contributed by atoms with Gasteiger partial charge in [-0.15, -0.1) is 0 Å². The molecule has 4 rings (SSSR count). The number of aromatic nitrogens is 2. The highest BCUT2D eigenvalue weighted by Crippen LogP contribution is 2.29. The fraction of sp³-hybridized carbons (Fsp3) is 0.400. The van der Waals surface area contributed by atoms with Crippen molar-refractivity contribution >= 4 is 29.7 Å². The highest BCUT2D eigenvalue weighted by Gasteiger charge is 2.31. The number of oxazole rings is 1. The van der Waals surface area contributed by atoms with Crippen molar-refractivity contribution < 1.29 is 23.8 Å². The molecule has 1 fully saturated rings. The van der Waals surface area contributed by atoms with Gasteiger partial charge in [0.25, 0.3) is 0 Å². The minimum absolute atomic E-state index is 0.109. The van der Waals surface area contributed by atoms with E-state index in [4.69, 9.17) is 9.15 Å². The molecule has 1 aromatic carbocycles. The zero-order chi connectivity index (χ0) is 27.9. The van der Waals surface area contributed by atoms with Gasteiger partial charge in [0.1, 0.15) is 5.76 Å². The van der Waals surface area contributed by atoms with Crippen LogP contribution in [0.1, 0.15) is 50.9 Å². The third-order valence-electron chi connectivity index (χ3n) is 6.63. The molecule has 9 heteroatoms. The molecule has 0 bridgehead atoms. The van der Waals surface area contributed by atoms with Crippen LogP contribution in [0, 0.1) is 5.92 Å². The van der Waals surface area contributed by atoms with Crippen molar-refractivity contribution in [2.75, 3.05) is 23.9 Å². The Morgan fingerprint density at radius 1 is 1.05 bits per heavy atom. The second kappa shape index (κ2) is 12.7. The van der Waals surface area contributed by atoms with E-state index in [2.05, 4.69) is 9.97 Å². The zero-order valence-corrected chi connectivity index (χ0v) is 22.9. The van der Waals surface area contributed by atoms with Gasteiger partial charge in [0.2, 0.25) is 5.91 Å². The van der Waals surface area contributed by atoms with Crippen molar-refractivity contribution in [3.8, 4) is 11.3 Å². The van der Waals surface area contributed by atoms with E-state index in [0.29, 0.717) is 31.4 Å². The number of hydrogen-bond donors (Lipinski definition) is 1. The molecule has 1 amide bonds. The number of pyridine rings is 1. The lowest BCUT2D eigenvalue weighted by atomic mass is 9.86. The van der Waals surface area contributed by atoms with E-state index in [1.165, 1.54) is 23.2 Å². The van der Waals surface area contributed by atoms with Gasteiger partial charge in [-0.05, 0) is 69.4 Å². The molecule has 0 spiro atoms. The number of rotatable bonds is 9. The van der Waals surface area contributed by atoms with Crippen molar-refractivity contribution in [1.82, 2.24) is 9.97 Å². The minimum Gasteiger partial charge on any atom is -0.460 e. The lowest BCUT2D eigenvalue weighted by molar-refractivity contribution is -0.141. The normalized spacial score (nSPS) is 17.4. The highest BCUT2D eigenvalue weighted by molar-refractivity contribution is 5.93. The van der Waals surface area contributed by atoms with Crippen molar-refractivity contribution in [3.05, 3.63) is 66.2 Å². The lowest BCUT2D eigenvalue weighted by Crippen LogP contribution is -2.38. The summed E-state index contributed by atoms with van der Waals surface area (Å²) < 4.78 is 11.0. The monoisotopic (exact) mass is 532 g/mol. The number of anilines is 2. The fourth-order valence-electron chi connectivity index (χ4n) is 4.49. The quantitative estimate of drug-likeness (QED) is 0.308. The lowest BCUT2D eigenvalue weighted by Gasteiger charge is -2.28. The number of carbonyl (C=O) groups excluding carboxylic acids is 2. The number of hydrogen-bond acceptors (Lipinski definition) is 8. The van der Waals surface area contributed by atoms with Gasteiger partial charge in [-0.2, -0.15) is 0 Å². The Bertz CT molecular complexity index is 1270. The Hall–Kier alpha value is -3.98. The number of aliphatic hydroxyl groups is 1. The number of benzene rings is 1. The SMILES string of the molecule is CC(C)OC(=O)/C=C/c1cnc(N(Cc2ccc(-c3ccc(N(C)C)cc3)nc2)C(=O)C2CCC(O)CC2)o1.